The molecular weight excluding hydrogens is 304 g/mol. The number of ether oxygens (including phenoxy) is 1. The van der Waals surface area contributed by atoms with Gasteiger partial charge in [0.2, 0.25) is 11.8 Å². The Balaban J connectivity index is 1.80. The molecule has 3 aliphatic rings. The molecule has 0 bridgehead atoms. The van der Waals surface area contributed by atoms with Crippen LogP contribution in [0.4, 0.5) is 0 Å². The lowest BCUT2D eigenvalue weighted by atomic mass is 9.82. The topological polar surface area (TPSA) is 58.6 Å². The molecule has 1 aliphatic heterocycles. The second-order valence-electron chi connectivity index (χ2n) is 9.24. The summed E-state index contributed by atoms with van der Waals surface area (Å²) in [6.07, 6.45) is 6.34. The van der Waals surface area contributed by atoms with Crippen LogP contribution in [-0.4, -0.2) is 41.1 Å². The Morgan fingerprint density at radius 3 is 2.33 bits per heavy atom. The van der Waals surface area contributed by atoms with Crippen LogP contribution in [0.3, 0.4) is 0 Å². The third-order valence-electron chi connectivity index (χ3n) is 5.49. The van der Waals surface area contributed by atoms with Crippen molar-refractivity contribution in [3.63, 3.8) is 0 Å². The number of amides is 2. The van der Waals surface area contributed by atoms with Gasteiger partial charge in [0.05, 0.1) is 6.61 Å². The SMILES string of the molecule is CC1CCC2(CC1)OCC(C(=O)NC1CC1)N2C(=O)CC(C)(C)C. The molecule has 0 aromatic carbocycles. The van der Waals surface area contributed by atoms with Crippen LogP contribution in [0.25, 0.3) is 0 Å². The number of nitrogens with one attached hydrogen (secondary N) is 1. The van der Waals surface area contributed by atoms with E-state index in [0.29, 0.717) is 25.0 Å². The molecule has 2 saturated carbocycles. The van der Waals surface area contributed by atoms with Gasteiger partial charge in [-0.15, -0.1) is 0 Å². The van der Waals surface area contributed by atoms with Crippen LogP contribution in [0.5, 0.6) is 0 Å². The van der Waals surface area contributed by atoms with Crippen LogP contribution in [0.1, 0.15) is 72.6 Å². The van der Waals surface area contributed by atoms with Gasteiger partial charge in [0.1, 0.15) is 11.8 Å². The fourth-order valence-corrected chi connectivity index (χ4v) is 3.92. The molecule has 2 amide bonds. The maximum atomic E-state index is 13.1. The number of carbonyl (C=O) groups is 2. The van der Waals surface area contributed by atoms with Gasteiger partial charge in [0.15, 0.2) is 0 Å². The third kappa shape index (κ3) is 3.76. The molecular formula is C19H32N2O3. The summed E-state index contributed by atoms with van der Waals surface area (Å²) in [4.78, 5) is 27.6. The van der Waals surface area contributed by atoms with Crippen molar-refractivity contribution in [1.82, 2.24) is 10.2 Å². The Bertz CT molecular complexity index is 499. The highest BCUT2D eigenvalue weighted by Crippen LogP contribution is 2.43. The molecule has 3 fully saturated rings. The summed E-state index contributed by atoms with van der Waals surface area (Å²) in [5.41, 5.74) is -0.652. The summed E-state index contributed by atoms with van der Waals surface area (Å²) in [6.45, 7) is 8.79. The summed E-state index contributed by atoms with van der Waals surface area (Å²) in [5.74, 6) is 0.693. The summed E-state index contributed by atoms with van der Waals surface area (Å²) >= 11 is 0. The minimum absolute atomic E-state index is 0.0322. The lowest BCUT2D eigenvalue weighted by Crippen LogP contribution is -2.57. The molecule has 5 heteroatoms. The smallest absolute Gasteiger partial charge is 0.245 e. The predicted octanol–water partition coefficient (Wildman–Crippen LogP) is 2.84. The van der Waals surface area contributed by atoms with E-state index in [9.17, 15) is 9.59 Å². The van der Waals surface area contributed by atoms with Crippen molar-refractivity contribution in [3.05, 3.63) is 0 Å². The fourth-order valence-electron chi connectivity index (χ4n) is 3.92. The molecule has 2 aliphatic carbocycles. The first-order valence-electron chi connectivity index (χ1n) is 9.47. The van der Waals surface area contributed by atoms with Crippen LogP contribution in [-0.2, 0) is 14.3 Å². The summed E-state index contributed by atoms with van der Waals surface area (Å²) in [7, 11) is 0. The molecule has 1 atom stereocenters. The van der Waals surface area contributed by atoms with E-state index < -0.39 is 11.8 Å². The molecule has 1 spiro atoms. The molecule has 0 aromatic rings. The van der Waals surface area contributed by atoms with Gasteiger partial charge in [0, 0.05) is 12.5 Å². The quantitative estimate of drug-likeness (QED) is 0.862. The van der Waals surface area contributed by atoms with Crippen LogP contribution >= 0.6 is 0 Å². The third-order valence-corrected chi connectivity index (χ3v) is 5.49. The molecule has 0 aromatic heterocycles. The van der Waals surface area contributed by atoms with E-state index in [1.54, 1.807) is 0 Å². The Kier molecular flexibility index (Phi) is 4.67. The second kappa shape index (κ2) is 6.32. The normalized spacial score (nSPS) is 33.8. The van der Waals surface area contributed by atoms with E-state index in [4.69, 9.17) is 4.74 Å². The maximum absolute atomic E-state index is 13.1. The average molecular weight is 336 g/mol. The second-order valence-corrected chi connectivity index (χ2v) is 9.24. The standard InChI is InChI=1S/C19H32N2O3/c1-13-7-9-19(10-8-13)21(16(22)11-18(2,3)4)15(12-24-19)17(23)20-14-5-6-14/h13-15H,5-12H2,1-4H3,(H,20,23). The van der Waals surface area contributed by atoms with Gasteiger partial charge in [-0.25, -0.2) is 0 Å². The molecule has 5 nitrogen and oxygen atoms in total. The largest absolute Gasteiger partial charge is 0.353 e. The maximum Gasteiger partial charge on any atom is 0.245 e. The van der Waals surface area contributed by atoms with E-state index in [-0.39, 0.29) is 17.2 Å². The van der Waals surface area contributed by atoms with Crippen molar-refractivity contribution in [3.8, 4) is 0 Å². The van der Waals surface area contributed by atoms with Crippen LogP contribution in [0.2, 0.25) is 0 Å². The van der Waals surface area contributed by atoms with Gasteiger partial charge in [-0.1, -0.05) is 27.7 Å². The molecule has 0 radical (unpaired) electrons. The Morgan fingerprint density at radius 2 is 1.79 bits per heavy atom. The molecule has 3 rings (SSSR count). The van der Waals surface area contributed by atoms with E-state index in [2.05, 4.69) is 33.0 Å². The van der Waals surface area contributed by atoms with E-state index >= 15 is 0 Å². The zero-order valence-electron chi connectivity index (χ0n) is 15.6. The van der Waals surface area contributed by atoms with Gasteiger partial charge in [-0.3, -0.25) is 14.5 Å². The van der Waals surface area contributed by atoms with Crippen LogP contribution in [0, 0.1) is 11.3 Å². The summed E-state index contributed by atoms with van der Waals surface area (Å²) < 4.78 is 6.16. The zero-order chi connectivity index (χ0) is 17.5. The van der Waals surface area contributed by atoms with Crippen molar-refractivity contribution < 1.29 is 14.3 Å². The molecule has 1 heterocycles. The van der Waals surface area contributed by atoms with Crippen LogP contribution < -0.4 is 5.32 Å². The number of nitrogens with zero attached hydrogens (tertiary/aromatic N) is 1. The summed E-state index contributed by atoms with van der Waals surface area (Å²) in [5, 5.41) is 3.06. The monoisotopic (exact) mass is 336 g/mol. The summed E-state index contributed by atoms with van der Waals surface area (Å²) in [6, 6.07) is -0.158. The zero-order valence-corrected chi connectivity index (χ0v) is 15.6. The van der Waals surface area contributed by atoms with Crippen molar-refractivity contribution in [2.75, 3.05) is 6.61 Å². The number of hydrogen-bond acceptors (Lipinski definition) is 3. The minimum atomic E-state index is -0.555. The highest BCUT2D eigenvalue weighted by atomic mass is 16.5. The first-order valence-corrected chi connectivity index (χ1v) is 9.47. The van der Waals surface area contributed by atoms with Gasteiger partial charge >= 0.3 is 0 Å². The lowest BCUT2D eigenvalue weighted by molar-refractivity contribution is -0.163. The van der Waals surface area contributed by atoms with Gasteiger partial charge < -0.3 is 10.1 Å². The Hall–Kier alpha value is -1.10. The lowest BCUT2D eigenvalue weighted by Gasteiger charge is -2.43. The number of hydrogen-bond donors (Lipinski definition) is 1. The molecule has 1 saturated heterocycles. The number of carbonyl (C=O) groups excluding carboxylic acids is 2. The highest BCUT2D eigenvalue weighted by molar-refractivity contribution is 5.89. The van der Waals surface area contributed by atoms with Gasteiger partial charge in [-0.2, -0.15) is 0 Å². The van der Waals surface area contributed by atoms with Gasteiger partial charge in [-0.05, 0) is 49.9 Å². The van der Waals surface area contributed by atoms with Crippen molar-refractivity contribution in [2.45, 2.75) is 90.4 Å². The first kappa shape index (κ1) is 17.7. The predicted molar refractivity (Wildman–Crippen MR) is 92.2 cm³/mol. The molecule has 1 N–H and O–H groups in total. The Morgan fingerprint density at radius 1 is 1.17 bits per heavy atom. The Labute approximate surface area is 145 Å². The van der Waals surface area contributed by atoms with Crippen molar-refractivity contribution in [2.24, 2.45) is 11.3 Å². The molecule has 24 heavy (non-hydrogen) atoms. The van der Waals surface area contributed by atoms with E-state index in [0.717, 1.165) is 38.5 Å². The van der Waals surface area contributed by atoms with Crippen molar-refractivity contribution >= 4 is 11.8 Å². The molecule has 136 valence electrons. The number of rotatable bonds is 3. The molecule has 1 unspecified atom stereocenters. The average Bonchev–Trinajstić information content (AvgIpc) is 3.20. The first-order chi connectivity index (χ1) is 11.2. The van der Waals surface area contributed by atoms with E-state index in [1.807, 2.05) is 4.90 Å². The van der Waals surface area contributed by atoms with E-state index in [1.165, 1.54) is 0 Å². The van der Waals surface area contributed by atoms with Gasteiger partial charge in [0.25, 0.3) is 0 Å². The minimum Gasteiger partial charge on any atom is -0.353 e. The van der Waals surface area contributed by atoms with Crippen molar-refractivity contribution in [1.29, 1.82) is 0 Å². The highest BCUT2D eigenvalue weighted by Gasteiger charge is 2.53. The fraction of sp³-hybridized carbons (Fsp3) is 0.895. The van der Waals surface area contributed by atoms with Crippen LogP contribution in [0.15, 0.2) is 0 Å².